The van der Waals surface area contributed by atoms with Gasteiger partial charge in [0.05, 0.1) is 10.6 Å². The molecule has 1 aromatic heterocycles. The van der Waals surface area contributed by atoms with Crippen LogP contribution < -0.4 is 15.8 Å². The van der Waals surface area contributed by atoms with Crippen LogP contribution in [0.3, 0.4) is 0 Å². The van der Waals surface area contributed by atoms with Gasteiger partial charge in [-0.15, -0.1) is 5.10 Å². The standard InChI is InChI=1S/C20H18ClF6N5O2/c1-32-16(15(20(25,26)27)18(31-32)34-9-19(22,23)24)29-8-11(7-28)10-2-5-14(21)13(6-10)17(33)30-12-3-4-12/h2,5-8,12H,3-4,9,28H2,1H3,(H,30,33). The topological polar surface area (TPSA) is 94.5 Å². The van der Waals surface area contributed by atoms with E-state index >= 15 is 0 Å². The molecule has 0 spiro atoms. The summed E-state index contributed by atoms with van der Waals surface area (Å²) in [6, 6.07) is 4.37. The summed E-state index contributed by atoms with van der Waals surface area (Å²) in [5, 5.41) is 6.31. The van der Waals surface area contributed by atoms with Gasteiger partial charge in [0.25, 0.3) is 5.91 Å². The summed E-state index contributed by atoms with van der Waals surface area (Å²) in [7, 11) is 1.07. The predicted octanol–water partition coefficient (Wildman–Crippen LogP) is 4.63. The number of hydrogen-bond donors (Lipinski definition) is 2. The molecular formula is C20H18ClF6N5O2. The van der Waals surface area contributed by atoms with Crippen LogP contribution in [0.15, 0.2) is 29.4 Å². The number of aryl methyl sites for hydroxylation is 1. The molecule has 1 aliphatic rings. The first-order valence-electron chi connectivity index (χ1n) is 9.70. The molecule has 1 aliphatic carbocycles. The molecule has 1 amide bonds. The molecule has 1 fully saturated rings. The van der Waals surface area contributed by atoms with E-state index < -0.39 is 42.1 Å². The van der Waals surface area contributed by atoms with Crippen molar-refractivity contribution >= 4 is 35.1 Å². The number of carbonyl (C=O) groups is 1. The van der Waals surface area contributed by atoms with Crippen molar-refractivity contribution in [3.05, 3.63) is 46.1 Å². The first kappa shape index (κ1) is 25.4. The molecule has 0 radical (unpaired) electrons. The van der Waals surface area contributed by atoms with Crippen LogP contribution in [0.5, 0.6) is 5.88 Å². The number of nitrogens with zero attached hydrogens (tertiary/aromatic N) is 3. The second-order valence-corrected chi connectivity index (χ2v) is 7.76. The van der Waals surface area contributed by atoms with Crippen LogP contribution in [0, 0.1) is 0 Å². The lowest BCUT2D eigenvalue weighted by Gasteiger charge is -2.11. The molecule has 3 rings (SSSR count). The van der Waals surface area contributed by atoms with Gasteiger partial charge in [0.15, 0.2) is 18.0 Å². The average Bonchev–Trinajstić information content (AvgIpc) is 3.47. The van der Waals surface area contributed by atoms with Crippen LogP contribution in [-0.2, 0) is 13.2 Å². The van der Waals surface area contributed by atoms with Crippen molar-refractivity contribution in [1.29, 1.82) is 0 Å². The quantitative estimate of drug-likeness (QED) is 0.420. The zero-order chi connectivity index (χ0) is 25.3. The zero-order valence-corrected chi connectivity index (χ0v) is 18.2. The molecule has 1 aromatic carbocycles. The molecule has 2 aromatic rings. The number of alkyl halides is 6. The SMILES string of the molecule is Cn1nc(OCC(F)(F)F)c(C(F)(F)F)c1N=CC(=CN)c1ccc(Cl)c(C(=O)NC2CC2)c1. The zero-order valence-electron chi connectivity index (χ0n) is 17.5. The van der Waals surface area contributed by atoms with Gasteiger partial charge in [0.2, 0.25) is 5.88 Å². The molecule has 0 unspecified atom stereocenters. The molecule has 1 heterocycles. The molecule has 0 atom stereocenters. The molecule has 34 heavy (non-hydrogen) atoms. The van der Waals surface area contributed by atoms with E-state index in [0.29, 0.717) is 10.2 Å². The van der Waals surface area contributed by atoms with E-state index in [4.69, 9.17) is 17.3 Å². The van der Waals surface area contributed by atoms with Gasteiger partial charge in [-0.1, -0.05) is 17.7 Å². The van der Waals surface area contributed by atoms with Crippen molar-refractivity contribution in [3.63, 3.8) is 0 Å². The third kappa shape index (κ3) is 6.22. The van der Waals surface area contributed by atoms with Gasteiger partial charge in [-0.2, -0.15) is 26.3 Å². The van der Waals surface area contributed by atoms with Gasteiger partial charge in [-0.05, 0) is 30.5 Å². The van der Waals surface area contributed by atoms with E-state index in [9.17, 15) is 31.1 Å². The highest BCUT2D eigenvalue weighted by Gasteiger charge is 2.42. The van der Waals surface area contributed by atoms with Crippen LogP contribution in [0.25, 0.3) is 5.57 Å². The van der Waals surface area contributed by atoms with E-state index in [1.807, 2.05) is 0 Å². The Labute approximate surface area is 194 Å². The Kier molecular flexibility index (Phi) is 7.15. The van der Waals surface area contributed by atoms with Gasteiger partial charge in [0.1, 0.15) is 0 Å². The Morgan fingerprint density at radius 3 is 2.56 bits per heavy atom. The van der Waals surface area contributed by atoms with E-state index in [0.717, 1.165) is 32.3 Å². The summed E-state index contributed by atoms with van der Waals surface area (Å²) in [5.74, 6) is -2.48. The number of aliphatic imine (C=N–C) groups is 1. The summed E-state index contributed by atoms with van der Waals surface area (Å²) in [6.45, 7) is -1.96. The molecule has 184 valence electrons. The lowest BCUT2D eigenvalue weighted by Crippen LogP contribution is -2.25. The van der Waals surface area contributed by atoms with Crippen LogP contribution in [0.1, 0.15) is 34.3 Å². The lowest BCUT2D eigenvalue weighted by atomic mass is 10.0. The van der Waals surface area contributed by atoms with E-state index in [1.54, 1.807) is 0 Å². The maximum absolute atomic E-state index is 13.6. The number of benzene rings is 1. The number of aromatic nitrogens is 2. The van der Waals surface area contributed by atoms with Crippen molar-refractivity contribution in [3.8, 4) is 5.88 Å². The summed E-state index contributed by atoms with van der Waals surface area (Å²) in [5.41, 5.74) is 4.60. The Morgan fingerprint density at radius 1 is 1.32 bits per heavy atom. The Hall–Kier alpha value is -3.22. The van der Waals surface area contributed by atoms with Crippen molar-refractivity contribution < 1.29 is 35.9 Å². The number of allylic oxidation sites excluding steroid dienone is 1. The highest BCUT2D eigenvalue weighted by atomic mass is 35.5. The molecule has 0 bridgehead atoms. The van der Waals surface area contributed by atoms with Crippen molar-refractivity contribution in [2.24, 2.45) is 17.8 Å². The largest absolute Gasteiger partial charge is 0.466 e. The number of ether oxygens (including phenoxy) is 1. The summed E-state index contributed by atoms with van der Waals surface area (Å²) in [4.78, 5) is 16.1. The van der Waals surface area contributed by atoms with E-state index in [1.165, 1.54) is 18.2 Å². The molecule has 0 aliphatic heterocycles. The highest BCUT2D eigenvalue weighted by Crippen LogP contribution is 2.42. The Bertz CT molecular complexity index is 1140. The van der Waals surface area contributed by atoms with Gasteiger partial charge in [-0.3, -0.25) is 4.79 Å². The predicted molar refractivity (Wildman–Crippen MR) is 112 cm³/mol. The fourth-order valence-electron chi connectivity index (χ4n) is 2.85. The smallest absolute Gasteiger partial charge is 0.425 e. The number of nitrogens with two attached hydrogens (primary N) is 1. The van der Waals surface area contributed by atoms with E-state index in [2.05, 4.69) is 20.1 Å². The Balaban J connectivity index is 1.93. The molecule has 14 heteroatoms. The number of nitrogens with one attached hydrogen (secondary N) is 1. The summed E-state index contributed by atoms with van der Waals surface area (Å²) < 4.78 is 82.9. The fourth-order valence-corrected chi connectivity index (χ4v) is 3.06. The maximum Gasteiger partial charge on any atom is 0.425 e. The van der Waals surface area contributed by atoms with Crippen LogP contribution in [0.2, 0.25) is 5.02 Å². The molecule has 1 saturated carbocycles. The molecule has 3 N–H and O–H groups in total. The second kappa shape index (κ2) is 9.57. The van der Waals surface area contributed by atoms with E-state index in [-0.39, 0.29) is 22.2 Å². The van der Waals surface area contributed by atoms with Gasteiger partial charge in [-0.25, -0.2) is 9.67 Å². The van der Waals surface area contributed by atoms with Gasteiger partial charge < -0.3 is 15.8 Å². The highest BCUT2D eigenvalue weighted by molar-refractivity contribution is 6.34. The maximum atomic E-state index is 13.6. The fraction of sp³-hybridized carbons (Fsp3) is 0.350. The minimum absolute atomic E-state index is 0.0673. The molecular weight excluding hydrogens is 492 g/mol. The minimum atomic E-state index is -5.11. The van der Waals surface area contributed by atoms with Gasteiger partial charge >= 0.3 is 12.4 Å². The number of hydrogen-bond acceptors (Lipinski definition) is 5. The van der Waals surface area contributed by atoms with Crippen LogP contribution in [-0.4, -0.2) is 40.7 Å². The molecule has 7 nitrogen and oxygen atoms in total. The normalized spacial score (nSPS) is 15.1. The Morgan fingerprint density at radius 2 is 2.00 bits per heavy atom. The lowest BCUT2D eigenvalue weighted by molar-refractivity contribution is -0.159. The second-order valence-electron chi connectivity index (χ2n) is 7.35. The van der Waals surface area contributed by atoms with Crippen LogP contribution >= 0.6 is 11.6 Å². The molecule has 0 saturated heterocycles. The first-order valence-corrected chi connectivity index (χ1v) is 10.1. The average molecular weight is 510 g/mol. The third-order valence-corrected chi connectivity index (χ3v) is 4.93. The number of amides is 1. The van der Waals surface area contributed by atoms with Crippen molar-refractivity contribution in [2.75, 3.05) is 6.61 Å². The van der Waals surface area contributed by atoms with Crippen LogP contribution in [0.4, 0.5) is 32.2 Å². The number of halogens is 7. The summed E-state index contributed by atoms with van der Waals surface area (Å²) in [6.07, 6.45) is -6.26. The van der Waals surface area contributed by atoms with Crippen molar-refractivity contribution in [1.82, 2.24) is 15.1 Å². The first-order chi connectivity index (χ1) is 15.8. The number of rotatable bonds is 7. The monoisotopic (exact) mass is 509 g/mol. The summed E-state index contributed by atoms with van der Waals surface area (Å²) >= 11 is 6.10. The minimum Gasteiger partial charge on any atom is -0.466 e. The third-order valence-electron chi connectivity index (χ3n) is 4.60. The van der Waals surface area contributed by atoms with Gasteiger partial charge in [0, 0.05) is 31.1 Å². The van der Waals surface area contributed by atoms with Crippen molar-refractivity contribution in [2.45, 2.75) is 31.2 Å². The number of carbonyl (C=O) groups excluding carboxylic acids is 1.